The Morgan fingerprint density at radius 2 is 2.14 bits per heavy atom. The summed E-state index contributed by atoms with van der Waals surface area (Å²) >= 11 is 0. The Morgan fingerprint density at radius 1 is 1.38 bits per heavy atom. The first-order chi connectivity index (χ1) is 13.8. The summed E-state index contributed by atoms with van der Waals surface area (Å²) in [6.45, 7) is 2.16. The Kier molecular flexibility index (Phi) is 4.46. The smallest absolute Gasteiger partial charge is 0.450 e. The number of pyridine rings is 2. The van der Waals surface area contributed by atoms with Crippen molar-refractivity contribution in [2.45, 2.75) is 26.6 Å². The van der Waals surface area contributed by atoms with Crippen LogP contribution < -0.4 is 16.6 Å². The van der Waals surface area contributed by atoms with Gasteiger partial charge < -0.3 is 25.5 Å². The maximum absolute atomic E-state index is 14.0. The van der Waals surface area contributed by atoms with E-state index in [1.54, 1.807) is 30.7 Å². The Morgan fingerprint density at radius 3 is 2.83 bits per heavy atom. The van der Waals surface area contributed by atoms with Crippen LogP contribution in [0.25, 0.3) is 22.3 Å². The molecule has 1 aliphatic heterocycles. The van der Waals surface area contributed by atoms with E-state index in [0.29, 0.717) is 29.0 Å². The molecule has 3 aromatic rings. The van der Waals surface area contributed by atoms with Gasteiger partial charge in [-0.15, -0.1) is 0 Å². The molecular formula is C20H19FN4O4. The van der Waals surface area contributed by atoms with E-state index < -0.39 is 12.0 Å². The first kappa shape index (κ1) is 18.9. The van der Waals surface area contributed by atoms with Gasteiger partial charge in [-0.2, -0.15) is 0 Å². The third-order valence-electron chi connectivity index (χ3n) is 5.20. The molecule has 29 heavy (non-hydrogen) atoms. The van der Waals surface area contributed by atoms with E-state index in [2.05, 4.69) is 15.0 Å². The Labute approximate surface area is 164 Å². The topological polar surface area (TPSA) is 119 Å². The number of aromatic nitrogens is 2. The third kappa shape index (κ3) is 2.99. The summed E-state index contributed by atoms with van der Waals surface area (Å²) in [6, 6.07) is 4.64. The molecule has 8 nitrogen and oxygen atoms in total. The van der Waals surface area contributed by atoms with Crippen LogP contribution in [-0.4, -0.2) is 27.9 Å². The summed E-state index contributed by atoms with van der Waals surface area (Å²) < 4.78 is 20.2. The summed E-state index contributed by atoms with van der Waals surface area (Å²) in [5, 5.41) is 12.6. The maximum atomic E-state index is 14.0. The molecular weight excluding hydrogens is 379 g/mol. The quantitative estimate of drug-likeness (QED) is 0.357. The van der Waals surface area contributed by atoms with Gasteiger partial charge in [-0.1, -0.05) is 0 Å². The molecule has 3 heterocycles. The molecule has 0 aliphatic carbocycles. The minimum atomic E-state index is -1.44. The minimum Gasteiger partial charge on any atom is -0.450 e. The Balaban J connectivity index is 1.95. The number of halogens is 1. The Hall–Kier alpha value is -3.46. The number of anilines is 1. The lowest BCUT2D eigenvalue weighted by atomic mass is 9.99. The lowest BCUT2D eigenvalue weighted by Crippen LogP contribution is -2.25. The van der Waals surface area contributed by atoms with Crippen molar-refractivity contribution in [3.8, 4) is 11.4 Å². The van der Waals surface area contributed by atoms with Crippen molar-refractivity contribution in [3.05, 3.63) is 56.6 Å². The molecule has 0 saturated heterocycles. The van der Waals surface area contributed by atoms with Crippen molar-refractivity contribution >= 4 is 22.7 Å². The number of aryl methyl sites for hydroxylation is 1. The lowest BCUT2D eigenvalue weighted by molar-refractivity contribution is 0.0848. The van der Waals surface area contributed by atoms with E-state index in [-0.39, 0.29) is 30.0 Å². The second-order valence-corrected chi connectivity index (χ2v) is 6.98. The predicted molar refractivity (Wildman–Crippen MR) is 105 cm³/mol. The van der Waals surface area contributed by atoms with Crippen molar-refractivity contribution in [2.75, 3.05) is 12.8 Å². The number of rotatable bonds is 4. The molecule has 0 unspecified atom stereocenters. The number of carbonyl (C=O) groups is 1. The molecule has 0 fully saturated rings. The van der Waals surface area contributed by atoms with Crippen LogP contribution in [0.15, 0.2) is 23.0 Å². The molecule has 1 aromatic carbocycles. The van der Waals surface area contributed by atoms with Crippen LogP contribution >= 0.6 is 0 Å². The fourth-order valence-corrected chi connectivity index (χ4v) is 3.80. The molecule has 150 valence electrons. The highest BCUT2D eigenvalue weighted by Gasteiger charge is 2.28. The van der Waals surface area contributed by atoms with Crippen molar-refractivity contribution in [2.24, 2.45) is 0 Å². The molecule has 1 aliphatic rings. The van der Waals surface area contributed by atoms with Crippen LogP contribution in [0.4, 0.5) is 14.9 Å². The summed E-state index contributed by atoms with van der Waals surface area (Å²) in [4.78, 5) is 28.3. The van der Waals surface area contributed by atoms with E-state index >= 15 is 0 Å². The zero-order valence-corrected chi connectivity index (χ0v) is 15.9. The fourth-order valence-electron chi connectivity index (χ4n) is 3.80. The molecule has 0 saturated carbocycles. The van der Waals surface area contributed by atoms with E-state index in [1.165, 1.54) is 6.07 Å². The van der Waals surface area contributed by atoms with E-state index in [9.17, 15) is 14.0 Å². The first-order valence-electron chi connectivity index (χ1n) is 8.96. The number of hydrogen-bond donors (Lipinski definition) is 3. The van der Waals surface area contributed by atoms with Crippen molar-refractivity contribution in [1.29, 1.82) is 0 Å². The molecule has 0 atom stereocenters. The molecule has 0 radical (unpaired) electrons. The van der Waals surface area contributed by atoms with Crippen LogP contribution in [0.5, 0.6) is 0 Å². The normalized spacial score (nSPS) is 12.1. The van der Waals surface area contributed by atoms with Gasteiger partial charge >= 0.3 is 6.16 Å². The number of ether oxygens (including phenoxy) is 1. The maximum Gasteiger partial charge on any atom is 0.506 e. The van der Waals surface area contributed by atoms with Crippen LogP contribution in [0, 0.1) is 12.7 Å². The van der Waals surface area contributed by atoms with Crippen LogP contribution in [0.3, 0.4) is 0 Å². The van der Waals surface area contributed by atoms with Crippen molar-refractivity contribution in [1.82, 2.24) is 14.9 Å². The number of hydrogen-bond acceptors (Lipinski definition) is 6. The third-order valence-corrected chi connectivity index (χ3v) is 5.20. The summed E-state index contributed by atoms with van der Waals surface area (Å²) in [7, 11) is 1.80. The average Bonchev–Trinajstić information content (AvgIpc) is 3.01. The predicted octanol–water partition coefficient (Wildman–Crippen LogP) is 2.37. The summed E-state index contributed by atoms with van der Waals surface area (Å²) in [6.07, 6.45) is -1.44. The number of nitrogens with zero attached hydrogens (tertiary/aromatic N) is 2. The molecule has 9 heteroatoms. The molecule has 0 bridgehead atoms. The largest absolute Gasteiger partial charge is 0.506 e. The summed E-state index contributed by atoms with van der Waals surface area (Å²) in [5.41, 5.74) is 9.77. The first-order valence-corrected chi connectivity index (χ1v) is 8.96. The Bertz CT molecular complexity index is 1240. The zero-order valence-electron chi connectivity index (χ0n) is 15.9. The van der Waals surface area contributed by atoms with Gasteiger partial charge in [0.1, 0.15) is 12.4 Å². The van der Waals surface area contributed by atoms with Gasteiger partial charge in [-0.25, -0.2) is 14.2 Å². The summed E-state index contributed by atoms with van der Waals surface area (Å²) in [5.74, 6) is -0.548. The van der Waals surface area contributed by atoms with Crippen LogP contribution in [0.2, 0.25) is 0 Å². The second-order valence-electron chi connectivity index (χ2n) is 6.98. The van der Waals surface area contributed by atoms with Gasteiger partial charge in [0.2, 0.25) is 0 Å². The van der Waals surface area contributed by atoms with Gasteiger partial charge in [0, 0.05) is 23.6 Å². The number of fused-ring (bicyclic) bond motifs is 4. The highest BCUT2D eigenvalue weighted by atomic mass is 19.1. The molecule has 0 spiro atoms. The molecule has 4 N–H and O–H groups in total. The lowest BCUT2D eigenvalue weighted by Gasteiger charge is -2.12. The molecule has 4 rings (SSSR count). The van der Waals surface area contributed by atoms with E-state index in [0.717, 1.165) is 16.5 Å². The minimum absolute atomic E-state index is 0.0354. The van der Waals surface area contributed by atoms with Gasteiger partial charge in [0.15, 0.2) is 0 Å². The number of nitrogens with one attached hydrogen (secondary N) is 1. The number of carboxylic acid groups (broad SMARTS) is 1. The number of benzene rings is 1. The van der Waals surface area contributed by atoms with Crippen LogP contribution in [-0.2, 0) is 24.4 Å². The average molecular weight is 398 g/mol. The van der Waals surface area contributed by atoms with Gasteiger partial charge in [0.05, 0.1) is 34.7 Å². The van der Waals surface area contributed by atoms with Crippen molar-refractivity contribution in [3.63, 3.8) is 0 Å². The number of nitrogen functional groups attached to an aromatic ring is 1. The van der Waals surface area contributed by atoms with Gasteiger partial charge in [-0.3, -0.25) is 4.79 Å². The van der Waals surface area contributed by atoms with Gasteiger partial charge in [0.25, 0.3) is 5.56 Å². The molecule has 0 amide bonds. The molecule has 2 aromatic heterocycles. The fraction of sp³-hybridized carbons (Fsp3) is 0.250. The number of nitrogens with two attached hydrogens (primary N) is 1. The zero-order chi connectivity index (χ0) is 20.9. The highest BCUT2D eigenvalue weighted by molar-refractivity contribution is 5.90. The standard InChI is InChI=1S/C20H19FN4O4/c1-9-3-17-18-12(7-25(17)19(26)13(9)8-29-20(27)28)11(6-23-2)10-4-15(22)14(21)5-16(10)24-18/h3-5,23H,6-8,22H2,1-2H3,(H,27,28). The van der Waals surface area contributed by atoms with Gasteiger partial charge in [-0.05, 0) is 37.2 Å². The highest BCUT2D eigenvalue weighted by Crippen LogP contribution is 2.37. The van der Waals surface area contributed by atoms with E-state index in [1.807, 2.05) is 0 Å². The SMILES string of the molecule is CNCc1c2c(nc3cc(F)c(N)cc13)-c1cc(C)c(COC(=O)O)c(=O)n1C2. The van der Waals surface area contributed by atoms with E-state index in [4.69, 9.17) is 10.8 Å². The van der Waals surface area contributed by atoms with Crippen LogP contribution in [0.1, 0.15) is 22.3 Å². The van der Waals surface area contributed by atoms with Crippen molar-refractivity contribution < 1.29 is 19.0 Å². The second kappa shape index (κ2) is 6.85. The monoisotopic (exact) mass is 398 g/mol.